The lowest BCUT2D eigenvalue weighted by Gasteiger charge is -2.27. The van der Waals surface area contributed by atoms with Crippen molar-refractivity contribution in [3.05, 3.63) is 96.6 Å². The van der Waals surface area contributed by atoms with Gasteiger partial charge in [0.25, 0.3) is 11.8 Å². The zero-order valence-electron chi connectivity index (χ0n) is 19.9. The van der Waals surface area contributed by atoms with Gasteiger partial charge in [-0.25, -0.2) is 10.0 Å². The maximum atomic E-state index is 12.9. The van der Waals surface area contributed by atoms with Gasteiger partial charge in [-0.2, -0.15) is 0 Å². The maximum Gasteiger partial charge on any atom is 0.258 e. The summed E-state index contributed by atoms with van der Waals surface area (Å²) in [5.74, 6) is -0.566. The zero-order chi connectivity index (χ0) is 24.3. The maximum absolute atomic E-state index is 12.9. The molecule has 1 aliphatic rings. The van der Waals surface area contributed by atoms with Gasteiger partial charge in [0.2, 0.25) is 0 Å². The first kappa shape index (κ1) is 24.9. The number of anilines is 2. The molecule has 34 heavy (non-hydrogen) atoms. The molecule has 0 aliphatic carbocycles. The predicted molar refractivity (Wildman–Crippen MR) is 136 cm³/mol. The van der Waals surface area contributed by atoms with Gasteiger partial charge in [0.05, 0.1) is 11.4 Å². The molecular weight excluding hydrogens is 424 g/mol. The van der Waals surface area contributed by atoms with Crippen LogP contribution in [0.1, 0.15) is 45.1 Å². The lowest BCUT2D eigenvalue weighted by Crippen LogP contribution is -2.41. The average molecular weight is 457 g/mol. The average Bonchev–Trinajstić information content (AvgIpc) is 3.14. The molecule has 1 saturated heterocycles. The van der Waals surface area contributed by atoms with E-state index in [2.05, 4.69) is 6.92 Å². The molecule has 176 valence electrons. The van der Waals surface area contributed by atoms with Gasteiger partial charge in [0.15, 0.2) is 0 Å². The van der Waals surface area contributed by atoms with Gasteiger partial charge in [-0.05, 0) is 36.2 Å². The lowest BCUT2D eigenvalue weighted by atomic mass is 10.0. The third-order valence-corrected chi connectivity index (χ3v) is 5.70. The molecule has 0 saturated carbocycles. The Hall–Kier alpha value is -3.73. The van der Waals surface area contributed by atoms with Crippen molar-refractivity contribution in [3.8, 4) is 0 Å². The van der Waals surface area contributed by atoms with Crippen LogP contribution < -0.4 is 10.0 Å². The fourth-order valence-corrected chi connectivity index (χ4v) is 3.83. The second-order valence-electron chi connectivity index (χ2n) is 8.22. The minimum atomic E-state index is -0.588. The monoisotopic (exact) mass is 456 g/mol. The van der Waals surface area contributed by atoms with Crippen molar-refractivity contribution in [2.24, 2.45) is 5.92 Å². The molecule has 2 amide bonds. The summed E-state index contributed by atoms with van der Waals surface area (Å²) in [5.41, 5.74) is 2.54. The molecule has 5 nitrogen and oxygen atoms in total. The minimum Gasteiger partial charge on any atom is -0.299 e. The van der Waals surface area contributed by atoms with E-state index in [1.165, 1.54) is 10.0 Å². The number of benzene rings is 3. The first-order valence-corrected chi connectivity index (χ1v) is 11.9. The number of hydrogen-bond donors (Lipinski definition) is 0. The molecule has 0 radical (unpaired) electrons. The van der Waals surface area contributed by atoms with E-state index in [1.54, 1.807) is 0 Å². The normalized spacial score (nSPS) is 13.6. The Labute approximate surface area is 202 Å². The minimum absolute atomic E-state index is 0.140. The molecule has 0 atom stereocenters. The molecule has 0 spiro atoms. The van der Waals surface area contributed by atoms with E-state index >= 15 is 0 Å². The van der Waals surface area contributed by atoms with Crippen LogP contribution in [0, 0.1) is 5.92 Å². The first-order valence-electron chi connectivity index (χ1n) is 11.9. The summed E-state index contributed by atoms with van der Waals surface area (Å²) in [6.07, 6.45) is 3.65. The van der Waals surface area contributed by atoms with E-state index < -0.39 is 5.92 Å². The molecule has 1 heterocycles. The smallest absolute Gasteiger partial charge is 0.258 e. The Morgan fingerprint density at radius 1 is 0.706 bits per heavy atom. The van der Waals surface area contributed by atoms with Crippen LogP contribution in [0.2, 0.25) is 0 Å². The molecule has 0 N–H and O–H groups in total. The summed E-state index contributed by atoms with van der Waals surface area (Å²) in [4.78, 5) is 36.7. The molecule has 0 bridgehead atoms. The molecule has 3 aromatic rings. The van der Waals surface area contributed by atoms with Crippen molar-refractivity contribution >= 4 is 29.0 Å². The summed E-state index contributed by atoms with van der Waals surface area (Å²) in [7, 11) is 0. The Bertz CT molecular complexity index is 1010. The van der Waals surface area contributed by atoms with Gasteiger partial charge in [0.1, 0.15) is 11.7 Å². The van der Waals surface area contributed by atoms with E-state index in [0.717, 1.165) is 18.4 Å². The van der Waals surface area contributed by atoms with Crippen LogP contribution in [0.3, 0.4) is 0 Å². The van der Waals surface area contributed by atoms with Crippen LogP contribution in [-0.4, -0.2) is 17.6 Å². The molecule has 1 aliphatic heterocycles. The van der Waals surface area contributed by atoms with Crippen molar-refractivity contribution in [2.45, 2.75) is 46.0 Å². The Balaban J connectivity index is 0.000000248. The van der Waals surface area contributed by atoms with Gasteiger partial charge in [-0.1, -0.05) is 93.4 Å². The Kier molecular flexibility index (Phi) is 9.15. The van der Waals surface area contributed by atoms with Gasteiger partial charge in [-0.15, -0.1) is 0 Å². The molecule has 3 aromatic carbocycles. The van der Waals surface area contributed by atoms with Crippen LogP contribution in [0.4, 0.5) is 11.4 Å². The quantitative estimate of drug-likeness (QED) is 0.391. The second-order valence-corrected chi connectivity index (χ2v) is 8.22. The highest BCUT2D eigenvalue weighted by molar-refractivity contribution is 6.22. The highest BCUT2D eigenvalue weighted by atomic mass is 16.2. The van der Waals surface area contributed by atoms with Crippen molar-refractivity contribution < 1.29 is 14.4 Å². The molecular formula is C29H32N2O3. The number of ketones is 1. The lowest BCUT2D eigenvalue weighted by molar-refractivity contribution is -0.127. The predicted octanol–water partition coefficient (Wildman–Crippen LogP) is 6.00. The van der Waals surface area contributed by atoms with Gasteiger partial charge >= 0.3 is 0 Å². The summed E-state index contributed by atoms with van der Waals surface area (Å²) in [5, 5.41) is 3.02. The number of hydrogen-bond acceptors (Lipinski definition) is 3. The fraction of sp³-hybridized carbons (Fsp3) is 0.276. The van der Waals surface area contributed by atoms with E-state index in [-0.39, 0.29) is 11.8 Å². The van der Waals surface area contributed by atoms with Gasteiger partial charge < -0.3 is 0 Å². The molecule has 0 aromatic heterocycles. The summed E-state index contributed by atoms with van der Waals surface area (Å²) in [6.45, 7) is 3.96. The SMILES string of the molecule is CCC(=O)Cc1ccccc1.CCCCC1C(=O)N(c2ccccc2)N(c2ccccc2)C1=O. The van der Waals surface area contributed by atoms with Crippen LogP contribution >= 0.6 is 0 Å². The third kappa shape index (κ3) is 6.19. The highest BCUT2D eigenvalue weighted by Crippen LogP contribution is 2.33. The first-order chi connectivity index (χ1) is 16.6. The van der Waals surface area contributed by atoms with Crippen LogP contribution in [-0.2, 0) is 20.8 Å². The van der Waals surface area contributed by atoms with Crippen LogP contribution in [0.5, 0.6) is 0 Å². The topological polar surface area (TPSA) is 57.7 Å². The molecule has 4 rings (SSSR count). The van der Waals surface area contributed by atoms with E-state index in [0.29, 0.717) is 36.4 Å². The summed E-state index contributed by atoms with van der Waals surface area (Å²) < 4.78 is 0. The Morgan fingerprint density at radius 3 is 1.56 bits per heavy atom. The third-order valence-electron chi connectivity index (χ3n) is 5.70. The number of carbonyl (C=O) groups excluding carboxylic acids is 3. The van der Waals surface area contributed by atoms with Crippen molar-refractivity contribution in [2.75, 3.05) is 10.0 Å². The van der Waals surface area contributed by atoms with Gasteiger partial charge in [0, 0.05) is 12.8 Å². The Morgan fingerprint density at radius 2 is 1.15 bits per heavy atom. The van der Waals surface area contributed by atoms with Crippen LogP contribution in [0.25, 0.3) is 0 Å². The molecule has 1 fully saturated rings. The van der Waals surface area contributed by atoms with Crippen molar-refractivity contribution in [1.82, 2.24) is 0 Å². The van der Waals surface area contributed by atoms with E-state index in [4.69, 9.17) is 0 Å². The molecule has 0 unspecified atom stereocenters. The second kappa shape index (κ2) is 12.5. The van der Waals surface area contributed by atoms with E-state index in [9.17, 15) is 14.4 Å². The fourth-order valence-electron chi connectivity index (χ4n) is 3.83. The van der Waals surface area contributed by atoms with E-state index in [1.807, 2.05) is 97.9 Å². The van der Waals surface area contributed by atoms with Crippen molar-refractivity contribution in [3.63, 3.8) is 0 Å². The largest absolute Gasteiger partial charge is 0.299 e. The number of amides is 2. The number of nitrogens with zero attached hydrogens (tertiary/aromatic N) is 2. The van der Waals surface area contributed by atoms with Gasteiger partial charge in [-0.3, -0.25) is 14.4 Å². The van der Waals surface area contributed by atoms with Crippen molar-refractivity contribution in [1.29, 1.82) is 0 Å². The number of Topliss-reactive ketones (excluding diaryl/α,β-unsaturated/α-hetero) is 1. The number of unbranched alkanes of at least 4 members (excludes halogenated alkanes) is 1. The highest BCUT2D eigenvalue weighted by Gasteiger charge is 2.46. The number of rotatable bonds is 8. The summed E-state index contributed by atoms with van der Waals surface area (Å²) in [6, 6.07) is 28.5. The van der Waals surface area contributed by atoms with Crippen LogP contribution in [0.15, 0.2) is 91.0 Å². The summed E-state index contributed by atoms with van der Waals surface area (Å²) >= 11 is 0. The molecule has 5 heteroatoms. The number of para-hydroxylation sites is 2. The number of hydrazine groups is 1. The zero-order valence-corrected chi connectivity index (χ0v) is 19.9. The number of carbonyl (C=O) groups is 3. The standard InChI is InChI=1S/C19H20N2O2.C10H12O/c1-2-3-14-17-18(22)20(15-10-6-4-7-11-15)21(19(17)23)16-12-8-5-9-13-16;1-2-10(11)8-9-6-4-3-5-7-9/h4-13,17H,2-3,14H2,1H3;3-7H,2,8H2,1H3.